The van der Waals surface area contributed by atoms with E-state index >= 15 is 0 Å². The molecule has 168 valence electrons. The maximum absolute atomic E-state index is 12.4. The highest BCUT2D eigenvalue weighted by atomic mass is 16.5. The highest BCUT2D eigenvalue weighted by molar-refractivity contribution is 5.96. The van der Waals surface area contributed by atoms with Crippen molar-refractivity contribution in [1.29, 1.82) is 0 Å². The van der Waals surface area contributed by atoms with Gasteiger partial charge in [-0.1, -0.05) is 19.4 Å². The first-order valence-electron chi connectivity index (χ1n) is 10.1. The van der Waals surface area contributed by atoms with Gasteiger partial charge in [-0.25, -0.2) is 0 Å². The summed E-state index contributed by atoms with van der Waals surface area (Å²) in [5, 5.41) is 0. The summed E-state index contributed by atoms with van der Waals surface area (Å²) in [6.07, 6.45) is 2.64. The molecule has 2 amide bonds. The fourth-order valence-electron chi connectivity index (χ4n) is 2.81. The second-order valence-electron chi connectivity index (χ2n) is 6.76. The Bertz CT molecular complexity index is 884. The number of hydrazine groups is 1. The summed E-state index contributed by atoms with van der Waals surface area (Å²) in [6, 6.07) is 10.4. The standard InChI is InChI=1S/C23H30N2O6/c1-5-6-13-31-19-11-9-17(15-21(19)30-4)23(27)25-24-22(26)12-8-16-7-10-18(28-2)20(14-16)29-3/h7,9-11,14-15H,5-6,8,12-13H2,1-4H3,(H,24,26)(H,25,27). The molecule has 2 aromatic carbocycles. The van der Waals surface area contributed by atoms with E-state index in [2.05, 4.69) is 17.8 Å². The van der Waals surface area contributed by atoms with Crippen molar-refractivity contribution in [3.63, 3.8) is 0 Å². The third-order valence-electron chi connectivity index (χ3n) is 4.59. The molecule has 0 aromatic heterocycles. The van der Waals surface area contributed by atoms with Crippen LogP contribution in [0.3, 0.4) is 0 Å². The van der Waals surface area contributed by atoms with Crippen LogP contribution in [-0.2, 0) is 11.2 Å². The van der Waals surface area contributed by atoms with E-state index in [4.69, 9.17) is 18.9 Å². The van der Waals surface area contributed by atoms with Crippen LogP contribution in [0.15, 0.2) is 36.4 Å². The second kappa shape index (κ2) is 12.3. The number of rotatable bonds is 11. The molecule has 8 nitrogen and oxygen atoms in total. The third-order valence-corrected chi connectivity index (χ3v) is 4.59. The number of methoxy groups -OCH3 is 3. The zero-order valence-corrected chi connectivity index (χ0v) is 18.4. The lowest BCUT2D eigenvalue weighted by atomic mass is 10.1. The third kappa shape index (κ3) is 7.09. The molecule has 0 bridgehead atoms. The van der Waals surface area contributed by atoms with Crippen molar-refractivity contribution >= 4 is 11.8 Å². The second-order valence-corrected chi connectivity index (χ2v) is 6.76. The van der Waals surface area contributed by atoms with Gasteiger partial charge < -0.3 is 18.9 Å². The molecule has 0 spiro atoms. The minimum Gasteiger partial charge on any atom is -0.493 e. The van der Waals surface area contributed by atoms with Gasteiger partial charge in [-0.3, -0.25) is 20.4 Å². The average Bonchev–Trinajstić information content (AvgIpc) is 2.81. The molecule has 0 aliphatic rings. The zero-order valence-electron chi connectivity index (χ0n) is 18.4. The van der Waals surface area contributed by atoms with Crippen molar-refractivity contribution in [2.75, 3.05) is 27.9 Å². The van der Waals surface area contributed by atoms with Crippen LogP contribution in [0.1, 0.15) is 42.1 Å². The highest BCUT2D eigenvalue weighted by Gasteiger charge is 2.13. The van der Waals surface area contributed by atoms with Gasteiger partial charge in [0.2, 0.25) is 5.91 Å². The Kier molecular flexibility index (Phi) is 9.48. The molecule has 0 heterocycles. The summed E-state index contributed by atoms with van der Waals surface area (Å²) in [5.74, 6) is 1.51. The number of ether oxygens (including phenoxy) is 4. The van der Waals surface area contributed by atoms with Gasteiger partial charge in [-0.05, 0) is 48.7 Å². The van der Waals surface area contributed by atoms with E-state index in [1.807, 2.05) is 12.1 Å². The van der Waals surface area contributed by atoms with Gasteiger partial charge in [0.05, 0.1) is 27.9 Å². The normalized spacial score (nSPS) is 10.2. The smallest absolute Gasteiger partial charge is 0.269 e. The van der Waals surface area contributed by atoms with Crippen LogP contribution in [0.2, 0.25) is 0 Å². The molecule has 0 radical (unpaired) electrons. The van der Waals surface area contributed by atoms with E-state index in [9.17, 15) is 9.59 Å². The van der Waals surface area contributed by atoms with E-state index in [-0.39, 0.29) is 12.3 Å². The molecular formula is C23H30N2O6. The van der Waals surface area contributed by atoms with Crippen molar-refractivity contribution in [1.82, 2.24) is 10.9 Å². The highest BCUT2D eigenvalue weighted by Crippen LogP contribution is 2.29. The summed E-state index contributed by atoms with van der Waals surface area (Å²) in [6.45, 7) is 2.66. The number of hydrogen-bond donors (Lipinski definition) is 2. The maximum atomic E-state index is 12.4. The molecule has 2 N–H and O–H groups in total. The predicted octanol–water partition coefficient (Wildman–Crippen LogP) is 3.29. The van der Waals surface area contributed by atoms with Crippen molar-refractivity contribution in [2.45, 2.75) is 32.6 Å². The Morgan fingerprint density at radius 1 is 0.839 bits per heavy atom. The predicted molar refractivity (Wildman–Crippen MR) is 117 cm³/mol. The molecule has 0 aliphatic carbocycles. The lowest BCUT2D eigenvalue weighted by molar-refractivity contribution is -0.121. The van der Waals surface area contributed by atoms with Crippen LogP contribution in [0, 0.1) is 0 Å². The van der Waals surface area contributed by atoms with Crippen LogP contribution in [-0.4, -0.2) is 39.8 Å². The van der Waals surface area contributed by atoms with Crippen LogP contribution >= 0.6 is 0 Å². The summed E-state index contributed by atoms with van der Waals surface area (Å²) >= 11 is 0. The minimum atomic E-state index is -0.446. The van der Waals surface area contributed by atoms with Gasteiger partial charge in [0, 0.05) is 12.0 Å². The largest absolute Gasteiger partial charge is 0.493 e. The molecule has 0 aliphatic heterocycles. The number of nitrogens with one attached hydrogen (secondary N) is 2. The van der Waals surface area contributed by atoms with Gasteiger partial charge in [0.15, 0.2) is 23.0 Å². The number of unbranched alkanes of at least 4 members (excludes halogenated alkanes) is 1. The Labute approximate surface area is 182 Å². The molecular weight excluding hydrogens is 400 g/mol. The number of hydrogen-bond acceptors (Lipinski definition) is 6. The Morgan fingerprint density at radius 2 is 1.52 bits per heavy atom. The van der Waals surface area contributed by atoms with E-state index in [0.29, 0.717) is 41.6 Å². The first-order valence-corrected chi connectivity index (χ1v) is 10.1. The minimum absolute atomic E-state index is 0.198. The molecule has 0 fully saturated rings. The molecule has 2 rings (SSSR count). The fraction of sp³-hybridized carbons (Fsp3) is 0.391. The first kappa shape index (κ1) is 23.9. The summed E-state index contributed by atoms with van der Waals surface area (Å²) < 4.78 is 21.4. The lowest BCUT2D eigenvalue weighted by Crippen LogP contribution is -2.41. The van der Waals surface area contributed by atoms with Gasteiger partial charge in [-0.2, -0.15) is 0 Å². The van der Waals surface area contributed by atoms with Crippen LogP contribution in [0.5, 0.6) is 23.0 Å². The molecule has 0 saturated carbocycles. The molecule has 2 aromatic rings. The van der Waals surface area contributed by atoms with Crippen molar-refractivity contribution in [3.05, 3.63) is 47.5 Å². The SMILES string of the molecule is CCCCOc1ccc(C(=O)NNC(=O)CCc2ccc(OC)c(OC)c2)cc1OC. The summed E-state index contributed by atoms with van der Waals surface area (Å²) in [5.41, 5.74) is 6.12. The Balaban J connectivity index is 1.87. The quantitative estimate of drug-likeness (QED) is 0.420. The monoisotopic (exact) mass is 430 g/mol. The van der Waals surface area contributed by atoms with Gasteiger partial charge in [-0.15, -0.1) is 0 Å². The van der Waals surface area contributed by atoms with Crippen molar-refractivity contribution in [2.24, 2.45) is 0 Å². The van der Waals surface area contributed by atoms with Gasteiger partial charge in [0.1, 0.15) is 0 Å². The van der Waals surface area contributed by atoms with Crippen molar-refractivity contribution in [3.8, 4) is 23.0 Å². The number of amides is 2. The van der Waals surface area contributed by atoms with E-state index in [1.165, 1.54) is 7.11 Å². The average molecular weight is 431 g/mol. The number of aryl methyl sites for hydroxylation is 1. The van der Waals surface area contributed by atoms with E-state index in [1.54, 1.807) is 38.5 Å². The molecule has 0 unspecified atom stereocenters. The summed E-state index contributed by atoms with van der Waals surface area (Å²) in [4.78, 5) is 24.5. The van der Waals surface area contributed by atoms with Crippen LogP contribution < -0.4 is 29.8 Å². The molecule has 0 saturated heterocycles. The zero-order chi connectivity index (χ0) is 22.6. The Hall–Kier alpha value is -3.42. The van der Waals surface area contributed by atoms with E-state index < -0.39 is 5.91 Å². The first-order chi connectivity index (χ1) is 15.0. The van der Waals surface area contributed by atoms with Gasteiger partial charge in [0.25, 0.3) is 5.91 Å². The number of carbonyl (C=O) groups excluding carboxylic acids is 2. The lowest BCUT2D eigenvalue weighted by Gasteiger charge is -2.12. The van der Waals surface area contributed by atoms with Crippen LogP contribution in [0.25, 0.3) is 0 Å². The molecule has 31 heavy (non-hydrogen) atoms. The Morgan fingerprint density at radius 3 is 2.19 bits per heavy atom. The van der Waals surface area contributed by atoms with E-state index in [0.717, 1.165) is 18.4 Å². The topological polar surface area (TPSA) is 95.1 Å². The van der Waals surface area contributed by atoms with Gasteiger partial charge >= 0.3 is 0 Å². The van der Waals surface area contributed by atoms with Crippen molar-refractivity contribution < 1.29 is 28.5 Å². The summed E-state index contributed by atoms with van der Waals surface area (Å²) in [7, 11) is 4.64. The number of benzene rings is 2. The fourth-order valence-corrected chi connectivity index (χ4v) is 2.81. The van der Waals surface area contributed by atoms with Crippen LogP contribution in [0.4, 0.5) is 0 Å². The molecule has 0 atom stereocenters. The number of carbonyl (C=O) groups is 2. The maximum Gasteiger partial charge on any atom is 0.269 e. The molecule has 8 heteroatoms.